The molecule has 0 bridgehead atoms. The van der Waals surface area contributed by atoms with Crippen molar-refractivity contribution in [3.8, 4) is 16.9 Å². The minimum absolute atomic E-state index is 0.104. The molecule has 0 aromatic heterocycles. The monoisotopic (exact) mass is 389 g/mol. The summed E-state index contributed by atoms with van der Waals surface area (Å²) in [5.74, 6) is 0.674. The predicted molar refractivity (Wildman–Crippen MR) is 116 cm³/mol. The zero-order valence-corrected chi connectivity index (χ0v) is 16.9. The van der Waals surface area contributed by atoms with Crippen LogP contribution in [0.1, 0.15) is 18.1 Å². The molecular weight excluding hydrogens is 362 g/mol. The van der Waals surface area contributed by atoms with E-state index < -0.39 is 5.60 Å². The second-order valence-electron chi connectivity index (χ2n) is 7.54. The molecule has 0 aliphatic rings. The van der Waals surface area contributed by atoms with Gasteiger partial charge in [0.15, 0.2) is 0 Å². The SMILES string of the molecule is COc1ccc(C[C@@](C)(O)CNC(=O)Cc2ccc(-c3ccccc3)cc2)cc1. The van der Waals surface area contributed by atoms with Crippen LogP contribution in [0, 0.1) is 0 Å². The number of aliphatic hydroxyl groups is 1. The molecule has 0 aliphatic heterocycles. The highest BCUT2D eigenvalue weighted by Crippen LogP contribution is 2.20. The molecule has 3 rings (SSSR count). The molecule has 3 aromatic carbocycles. The maximum Gasteiger partial charge on any atom is 0.224 e. The molecule has 0 saturated heterocycles. The van der Waals surface area contributed by atoms with Gasteiger partial charge in [-0.25, -0.2) is 0 Å². The van der Waals surface area contributed by atoms with Crippen molar-refractivity contribution in [3.05, 3.63) is 90.0 Å². The number of amides is 1. The van der Waals surface area contributed by atoms with E-state index >= 15 is 0 Å². The van der Waals surface area contributed by atoms with E-state index in [0.29, 0.717) is 6.42 Å². The standard InChI is InChI=1S/C25H27NO3/c1-25(28,17-20-10-14-23(29-2)15-11-20)18-26-24(27)16-19-8-12-22(13-9-19)21-6-4-3-5-7-21/h3-15,28H,16-18H2,1-2H3,(H,26,27)/t25-/m1/s1. The summed E-state index contributed by atoms with van der Waals surface area (Å²) in [7, 11) is 1.62. The van der Waals surface area contributed by atoms with E-state index in [1.54, 1.807) is 14.0 Å². The Kier molecular flexibility index (Phi) is 6.68. The van der Waals surface area contributed by atoms with Gasteiger partial charge in [-0.1, -0.05) is 66.7 Å². The van der Waals surface area contributed by atoms with E-state index in [1.165, 1.54) is 0 Å². The molecule has 4 heteroatoms. The Hall–Kier alpha value is -3.11. The van der Waals surface area contributed by atoms with E-state index in [-0.39, 0.29) is 18.9 Å². The van der Waals surface area contributed by atoms with Crippen LogP contribution in [0.5, 0.6) is 5.75 Å². The number of rotatable bonds is 8. The Bertz CT molecular complexity index is 917. The lowest BCUT2D eigenvalue weighted by Crippen LogP contribution is -2.42. The van der Waals surface area contributed by atoms with Gasteiger partial charge in [0.25, 0.3) is 0 Å². The molecule has 1 atom stereocenters. The fraction of sp³-hybridized carbons (Fsp3) is 0.240. The Morgan fingerprint density at radius 3 is 2.10 bits per heavy atom. The summed E-state index contributed by atoms with van der Waals surface area (Å²) in [6, 6.07) is 25.7. The third kappa shape index (κ3) is 6.19. The van der Waals surface area contributed by atoms with Gasteiger partial charge in [-0.3, -0.25) is 4.79 Å². The number of benzene rings is 3. The molecule has 29 heavy (non-hydrogen) atoms. The van der Waals surface area contributed by atoms with Crippen molar-refractivity contribution in [2.24, 2.45) is 0 Å². The van der Waals surface area contributed by atoms with Gasteiger partial charge in [0.2, 0.25) is 5.91 Å². The van der Waals surface area contributed by atoms with Gasteiger partial charge in [0, 0.05) is 13.0 Å². The van der Waals surface area contributed by atoms with Crippen LogP contribution in [0.2, 0.25) is 0 Å². The molecule has 3 aromatic rings. The van der Waals surface area contributed by atoms with Crippen LogP contribution >= 0.6 is 0 Å². The minimum atomic E-state index is -1.03. The third-order valence-corrected chi connectivity index (χ3v) is 4.84. The summed E-state index contributed by atoms with van der Waals surface area (Å²) in [6.45, 7) is 1.92. The quantitative estimate of drug-likeness (QED) is 0.612. The first-order valence-corrected chi connectivity index (χ1v) is 9.71. The molecule has 1 amide bonds. The third-order valence-electron chi connectivity index (χ3n) is 4.84. The first-order chi connectivity index (χ1) is 13.9. The van der Waals surface area contributed by atoms with E-state index in [9.17, 15) is 9.90 Å². The van der Waals surface area contributed by atoms with Crippen LogP contribution in [0.15, 0.2) is 78.9 Å². The highest BCUT2D eigenvalue weighted by Gasteiger charge is 2.22. The lowest BCUT2D eigenvalue weighted by molar-refractivity contribution is -0.121. The van der Waals surface area contributed by atoms with Crippen molar-refractivity contribution in [2.75, 3.05) is 13.7 Å². The Morgan fingerprint density at radius 2 is 1.48 bits per heavy atom. The summed E-state index contributed by atoms with van der Waals surface area (Å²) >= 11 is 0. The number of ether oxygens (including phenoxy) is 1. The van der Waals surface area contributed by atoms with Gasteiger partial charge < -0.3 is 15.2 Å². The zero-order valence-electron chi connectivity index (χ0n) is 16.9. The molecule has 0 radical (unpaired) electrons. The number of carbonyl (C=O) groups excluding carboxylic acids is 1. The van der Waals surface area contributed by atoms with Gasteiger partial charge in [-0.15, -0.1) is 0 Å². The lowest BCUT2D eigenvalue weighted by atomic mass is 9.96. The van der Waals surface area contributed by atoms with Crippen LogP contribution in [0.25, 0.3) is 11.1 Å². The number of hydrogen-bond donors (Lipinski definition) is 2. The van der Waals surface area contributed by atoms with Crippen LogP contribution in [0.3, 0.4) is 0 Å². The Balaban J connectivity index is 1.50. The van der Waals surface area contributed by atoms with Gasteiger partial charge in [-0.2, -0.15) is 0 Å². The van der Waals surface area contributed by atoms with Crippen molar-refractivity contribution in [3.63, 3.8) is 0 Å². The predicted octanol–water partition coefficient (Wildman–Crippen LogP) is 4.01. The fourth-order valence-electron chi connectivity index (χ4n) is 3.23. The van der Waals surface area contributed by atoms with Gasteiger partial charge in [0.05, 0.1) is 19.1 Å². The van der Waals surface area contributed by atoms with E-state index in [2.05, 4.69) is 17.4 Å². The molecule has 0 spiro atoms. The minimum Gasteiger partial charge on any atom is -0.497 e. The average Bonchev–Trinajstić information content (AvgIpc) is 2.74. The molecule has 2 N–H and O–H groups in total. The van der Waals surface area contributed by atoms with Crippen LogP contribution in [-0.2, 0) is 17.6 Å². The highest BCUT2D eigenvalue weighted by molar-refractivity contribution is 5.79. The topological polar surface area (TPSA) is 58.6 Å². The second-order valence-corrected chi connectivity index (χ2v) is 7.54. The average molecular weight is 389 g/mol. The van der Waals surface area contributed by atoms with E-state index in [4.69, 9.17) is 4.74 Å². The Labute approximate surface area is 172 Å². The summed E-state index contributed by atoms with van der Waals surface area (Å²) in [5.41, 5.74) is 3.18. The maximum atomic E-state index is 12.3. The van der Waals surface area contributed by atoms with E-state index in [1.807, 2.05) is 66.7 Å². The Morgan fingerprint density at radius 1 is 0.897 bits per heavy atom. The lowest BCUT2D eigenvalue weighted by Gasteiger charge is -2.24. The first kappa shape index (κ1) is 20.6. The van der Waals surface area contributed by atoms with Crippen LogP contribution < -0.4 is 10.1 Å². The summed E-state index contributed by atoms with van der Waals surface area (Å²) in [6.07, 6.45) is 0.733. The van der Waals surface area contributed by atoms with Crippen LogP contribution in [-0.4, -0.2) is 30.3 Å². The van der Waals surface area contributed by atoms with Gasteiger partial charge in [0.1, 0.15) is 5.75 Å². The molecule has 4 nitrogen and oxygen atoms in total. The molecular formula is C25H27NO3. The molecule has 0 unspecified atom stereocenters. The highest BCUT2D eigenvalue weighted by atomic mass is 16.5. The molecule has 0 heterocycles. The number of methoxy groups -OCH3 is 1. The largest absolute Gasteiger partial charge is 0.497 e. The molecule has 150 valence electrons. The summed E-state index contributed by atoms with van der Waals surface area (Å²) in [4.78, 5) is 12.3. The molecule has 0 saturated carbocycles. The molecule has 0 fully saturated rings. The summed E-state index contributed by atoms with van der Waals surface area (Å²) < 4.78 is 5.15. The normalized spacial score (nSPS) is 12.8. The van der Waals surface area contributed by atoms with Crippen molar-refractivity contribution < 1.29 is 14.6 Å². The van der Waals surface area contributed by atoms with Crippen molar-refractivity contribution in [1.82, 2.24) is 5.32 Å². The molecule has 0 aliphatic carbocycles. The van der Waals surface area contributed by atoms with Crippen LogP contribution in [0.4, 0.5) is 0 Å². The number of carbonyl (C=O) groups is 1. The van der Waals surface area contributed by atoms with Crippen molar-refractivity contribution in [2.45, 2.75) is 25.4 Å². The number of hydrogen-bond acceptors (Lipinski definition) is 3. The fourth-order valence-corrected chi connectivity index (χ4v) is 3.23. The van der Waals surface area contributed by atoms with Gasteiger partial charge >= 0.3 is 0 Å². The number of nitrogens with one attached hydrogen (secondary N) is 1. The second kappa shape index (κ2) is 9.39. The first-order valence-electron chi connectivity index (χ1n) is 9.71. The van der Waals surface area contributed by atoms with Crippen molar-refractivity contribution in [1.29, 1.82) is 0 Å². The van der Waals surface area contributed by atoms with E-state index in [0.717, 1.165) is 28.0 Å². The van der Waals surface area contributed by atoms with Crippen molar-refractivity contribution >= 4 is 5.91 Å². The van der Waals surface area contributed by atoms with Gasteiger partial charge in [-0.05, 0) is 41.3 Å². The summed E-state index contributed by atoms with van der Waals surface area (Å²) in [5, 5.41) is 13.5. The maximum absolute atomic E-state index is 12.3. The zero-order chi connectivity index (χ0) is 20.7. The smallest absolute Gasteiger partial charge is 0.224 e.